The molecule has 1 saturated heterocycles. The van der Waals surface area contributed by atoms with E-state index >= 15 is 0 Å². The highest BCUT2D eigenvalue weighted by Crippen LogP contribution is 2.30. The number of nitriles is 1. The van der Waals surface area contributed by atoms with Crippen molar-refractivity contribution in [2.45, 2.75) is 25.8 Å². The maximum atomic E-state index is 12.6. The molecule has 2 fully saturated rings. The molecule has 0 unspecified atom stereocenters. The molecule has 4 rings (SSSR count). The molecule has 1 aliphatic carbocycles. The molecule has 31 heavy (non-hydrogen) atoms. The lowest BCUT2D eigenvalue weighted by atomic mass is 10.1. The minimum absolute atomic E-state index is 0.0112. The Balaban J connectivity index is 1.45. The molecular weight excluding hydrogens is 398 g/mol. The summed E-state index contributed by atoms with van der Waals surface area (Å²) in [4.78, 5) is 38.9. The van der Waals surface area contributed by atoms with Crippen LogP contribution in [0.5, 0.6) is 0 Å². The van der Waals surface area contributed by atoms with Crippen molar-refractivity contribution in [2.24, 2.45) is 5.92 Å². The van der Waals surface area contributed by atoms with Gasteiger partial charge in [-0.2, -0.15) is 5.26 Å². The predicted molar refractivity (Wildman–Crippen MR) is 112 cm³/mol. The summed E-state index contributed by atoms with van der Waals surface area (Å²) in [6.07, 6.45) is 6.39. The van der Waals surface area contributed by atoms with Crippen molar-refractivity contribution < 1.29 is 14.3 Å². The van der Waals surface area contributed by atoms with Crippen LogP contribution in [0.3, 0.4) is 0 Å². The van der Waals surface area contributed by atoms with Gasteiger partial charge in [-0.25, -0.2) is 9.97 Å². The van der Waals surface area contributed by atoms with Gasteiger partial charge in [0.1, 0.15) is 6.07 Å². The molecule has 10 nitrogen and oxygen atoms in total. The summed E-state index contributed by atoms with van der Waals surface area (Å²) in [5.41, 5.74) is 1.81. The maximum absolute atomic E-state index is 12.6. The lowest BCUT2D eigenvalue weighted by molar-refractivity contribution is -0.137. The first-order valence-corrected chi connectivity index (χ1v) is 10.2. The second-order valence-corrected chi connectivity index (χ2v) is 7.65. The van der Waals surface area contributed by atoms with E-state index in [1.54, 1.807) is 11.0 Å². The predicted octanol–water partition coefficient (Wildman–Crippen LogP) is 1.42. The van der Waals surface area contributed by atoms with Gasteiger partial charge in [0.2, 0.25) is 11.8 Å². The molecule has 2 amide bonds. The van der Waals surface area contributed by atoms with Gasteiger partial charge >= 0.3 is 0 Å². The largest absolute Gasteiger partial charge is 0.377 e. The molecule has 1 saturated carbocycles. The van der Waals surface area contributed by atoms with Gasteiger partial charge in [0.15, 0.2) is 11.5 Å². The Morgan fingerprint density at radius 1 is 1.26 bits per heavy atom. The van der Waals surface area contributed by atoms with Crippen molar-refractivity contribution in [3.63, 3.8) is 0 Å². The molecule has 2 aromatic rings. The third-order valence-electron chi connectivity index (χ3n) is 5.26. The minimum atomic E-state index is -0.0689. The van der Waals surface area contributed by atoms with Crippen LogP contribution in [0.2, 0.25) is 0 Å². The monoisotopic (exact) mass is 421 g/mol. The van der Waals surface area contributed by atoms with E-state index in [1.165, 1.54) is 18.6 Å². The van der Waals surface area contributed by atoms with Crippen LogP contribution in [0, 0.1) is 17.2 Å². The third-order valence-corrected chi connectivity index (χ3v) is 5.26. The summed E-state index contributed by atoms with van der Waals surface area (Å²) in [6, 6.07) is 3.76. The number of hydrogen-bond acceptors (Lipinski definition) is 8. The van der Waals surface area contributed by atoms with Crippen molar-refractivity contribution in [1.82, 2.24) is 19.9 Å². The molecule has 0 aromatic carbocycles. The number of aromatic nitrogens is 3. The van der Waals surface area contributed by atoms with Crippen molar-refractivity contribution in [1.29, 1.82) is 5.26 Å². The fourth-order valence-electron chi connectivity index (χ4n) is 3.31. The maximum Gasteiger partial charge on any atom is 0.242 e. The van der Waals surface area contributed by atoms with Crippen molar-refractivity contribution in [3.05, 3.63) is 30.4 Å². The Kier molecular flexibility index (Phi) is 6.04. The number of pyridine rings is 1. The molecule has 2 N–H and O–H groups in total. The standard InChI is InChI=1S/C21H23N7O3/c1-13-12-31-5-4-28(13)20(29)11-25-16-6-15(8-23-17(16)7-22)18-9-26-19(10-24-18)27-21(30)14-2-3-14/h6,8-10,13-14,25H,2-5,11-12H2,1H3,(H,26,27,30)/t13-/m0/s1. The Morgan fingerprint density at radius 3 is 2.77 bits per heavy atom. The number of ether oxygens (including phenoxy) is 1. The summed E-state index contributed by atoms with van der Waals surface area (Å²) in [5.74, 6) is 0.375. The lowest BCUT2D eigenvalue weighted by Gasteiger charge is -2.33. The number of amides is 2. The number of anilines is 2. The first-order valence-electron chi connectivity index (χ1n) is 10.2. The van der Waals surface area contributed by atoms with E-state index in [-0.39, 0.29) is 36.0 Å². The van der Waals surface area contributed by atoms with Gasteiger partial charge in [0.05, 0.1) is 49.6 Å². The summed E-state index contributed by atoms with van der Waals surface area (Å²) in [5, 5.41) is 15.1. The molecule has 1 aliphatic heterocycles. The van der Waals surface area contributed by atoms with Gasteiger partial charge in [-0.1, -0.05) is 0 Å². The molecule has 0 bridgehead atoms. The molecule has 1 atom stereocenters. The van der Waals surface area contributed by atoms with E-state index in [4.69, 9.17) is 4.74 Å². The smallest absolute Gasteiger partial charge is 0.242 e. The molecule has 2 aliphatic rings. The first kappa shape index (κ1) is 20.7. The second-order valence-electron chi connectivity index (χ2n) is 7.65. The van der Waals surface area contributed by atoms with Gasteiger partial charge < -0.3 is 20.3 Å². The summed E-state index contributed by atoms with van der Waals surface area (Å²) >= 11 is 0. The molecular formula is C21H23N7O3. The average molecular weight is 421 g/mol. The van der Waals surface area contributed by atoms with Crippen LogP contribution in [0.15, 0.2) is 24.7 Å². The Hall–Kier alpha value is -3.58. The van der Waals surface area contributed by atoms with Gasteiger partial charge in [0, 0.05) is 24.2 Å². The number of nitrogens with one attached hydrogen (secondary N) is 2. The number of hydrogen-bond donors (Lipinski definition) is 2. The van der Waals surface area contributed by atoms with Crippen LogP contribution in [0.1, 0.15) is 25.5 Å². The van der Waals surface area contributed by atoms with Crippen LogP contribution in [0.4, 0.5) is 11.5 Å². The molecule has 2 aromatic heterocycles. The molecule has 0 spiro atoms. The zero-order valence-electron chi connectivity index (χ0n) is 17.2. The number of nitrogens with zero attached hydrogens (tertiary/aromatic N) is 5. The number of morpholine rings is 1. The highest BCUT2D eigenvalue weighted by Gasteiger charge is 2.29. The summed E-state index contributed by atoms with van der Waals surface area (Å²) in [7, 11) is 0. The SMILES string of the molecule is C[C@H]1COCCN1C(=O)CNc1cc(-c2cnc(NC(=O)C3CC3)cn2)cnc1C#N. The summed E-state index contributed by atoms with van der Waals surface area (Å²) < 4.78 is 5.37. The van der Waals surface area contributed by atoms with Gasteiger partial charge in [-0.05, 0) is 25.8 Å². The van der Waals surface area contributed by atoms with Crippen LogP contribution >= 0.6 is 0 Å². The van der Waals surface area contributed by atoms with E-state index in [2.05, 4.69) is 25.6 Å². The van der Waals surface area contributed by atoms with Crippen LogP contribution < -0.4 is 10.6 Å². The molecule has 0 radical (unpaired) electrons. The first-order chi connectivity index (χ1) is 15.0. The van der Waals surface area contributed by atoms with Crippen LogP contribution in [0.25, 0.3) is 11.3 Å². The molecule has 3 heterocycles. The third kappa shape index (κ3) is 4.95. The Labute approximate surface area is 179 Å². The fourth-order valence-corrected chi connectivity index (χ4v) is 3.31. The second kappa shape index (κ2) is 9.06. The van der Waals surface area contributed by atoms with Crippen molar-refractivity contribution in [3.8, 4) is 17.3 Å². The van der Waals surface area contributed by atoms with E-state index in [1.807, 2.05) is 13.0 Å². The Bertz CT molecular complexity index is 1010. The highest BCUT2D eigenvalue weighted by molar-refractivity contribution is 5.93. The Morgan fingerprint density at radius 2 is 2.10 bits per heavy atom. The van der Waals surface area contributed by atoms with Crippen LogP contribution in [-0.2, 0) is 14.3 Å². The minimum Gasteiger partial charge on any atom is -0.377 e. The van der Waals surface area contributed by atoms with Gasteiger partial charge in [-0.15, -0.1) is 0 Å². The molecule has 160 valence electrons. The summed E-state index contributed by atoms with van der Waals surface area (Å²) in [6.45, 7) is 3.57. The van der Waals surface area contributed by atoms with Gasteiger partial charge in [-0.3, -0.25) is 14.6 Å². The quantitative estimate of drug-likeness (QED) is 0.715. The van der Waals surface area contributed by atoms with Crippen molar-refractivity contribution in [2.75, 3.05) is 36.9 Å². The number of carbonyl (C=O) groups excluding carboxylic acids is 2. The zero-order valence-corrected chi connectivity index (χ0v) is 17.2. The zero-order chi connectivity index (χ0) is 21.8. The average Bonchev–Trinajstić information content (AvgIpc) is 3.64. The van der Waals surface area contributed by atoms with E-state index in [9.17, 15) is 14.9 Å². The fraction of sp³-hybridized carbons (Fsp3) is 0.429. The number of carbonyl (C=O) groups is 2. The van der Waals surface area contributed by atoms with Crippen LogP contribution in [-0.4, -0.2) is 64.0 Å². The van der Waals surface area contributed by atoms with E-state index < -0.39 is 0 Å². The van der Waals surface area contributed by atoms with Crippen molar-refractivity contribution >= 4 is 23.3 Å². The van der Waals surface area contributed by atoms with E-state index in [0.29, 0.717) is 42.5 Å². The molecule has 10 heteroatoms. The van der Waals surface area contributed by atoms with E-state index in [0.717, 1.165) is 12.8 Å². The lowest BCUT2D eigenvalue weighted by Crippen LogP contribution is -2.49. The number of rotatable bonds is 6. The van der Waals surface area contributed by atoms with Gasteiger partial charge in [0.25, 0.3) is 0 Å². The highest BCUT2D eigenvalue weighted by atomic mass is 16.5. The normalized spacial score (nSPS) is 18.2. The topological polar surface area (TPSA) is 133 Å².